The Kier molecular flexibility index (Phi) is 4.60. The van der Waals surface area contributed by atoms with Gasteiger partial charge in [-0.15, -0.1) is 0 Å². The van der Waals surface area contributed by atoms with Gasteiger partial charge in [-0.25, -0.2) is 4.39 Å². The summed E-state index contributed by atoms with van der Waals surface area (Å²) in [6.45, 7) is 3.26. The van der Waals surface area contributed by atoms with E-state index in [2.05, 4.69) is 5.32 Å². The number of carbonyl (C=O) groups excluding carboxylic acids is 2. The number of halogens is 2. The van der Waals surface area contributed by atoms with E-state index in [1.807, 2.05) is 6.92 Å². The van der Waals surface area contributed by atoms with Crippen molar-refractivity contribution in [1.29, 1.82) is 0 Å². The molecule has 0 aliphatic carbocycles. The molecule has 1 aliphatic rings. The van der Waals surface area contributed by atoms with E-state index in [0.717, 1.165) is 0 Å². The van der Waals surface area contributed by atoms with Gasteiger partial charge >= 0.3 is 0 Å². The number of nitrogens with one attached hydrogen (secondary N) is 1. The van der Waals surface area contributed by atoms with E-state index in [1.165, 1.54) is 12.1 Å². The zero-order valence-electron chi connectivity index (χ0n) is 11.2. The van der Waals surface area contributed by atoms with Crippen molar-refractivity contribution in [3.63, 3.8) is 0 Å². The highest BCUT2D eigenvalue weighted by atomic mass is 35.5. The van der Waals surface area contributed by atoms with E-state index in [-0.39, 0.29) is 23.4 Å². The summed E-state index contributed by atoms with van der Waals surface area (Å²) in [4.78, 5) is 25.5. The normalized spacial score (nSPS) is 18.4. The van der Waals surface area contributed by atoms with Gasteiger partial charge in [0.1, 0.15) is 11.7 Å². The van der Waals surface area contributed by atoms with Gasteiger partial charge in [0.05, 0.1) is 0 Å². The van der Waals surface area contributed by atoms with Crippen LogP contribution in [0.1, 0.15) is 18.9 Å². The second-order valence-electron chi connectivity index (χ2n) is 4.75. The summed E-state index contributed by atoms with van der Waals surface area (Å²) in [5.74, 6) is -1.52. The third-order valence-electron chi connectivity index (χ3n) is 3.38. The number of likely N-dealkylation sites (tertiary alicyclic amines) is 1. The Labute approximate surface area is 121 Å². The summed E-state index contributed by atoms with van der Waals surface area (Å²) in [5.41, 5.74) is 0.571. The molecule has 0 saturated carbocycles. The zero-order chi connectivity index (χ0) is 14.7. The monoisotopic (exact) mass is 298 g/mol. The number of hydrogen-bond acceptors (Lipinski definition) is 2. The van der Waals surface area contributed by atoms with Crippen LogP contribution in [0.3, 0.4) is 0 Å². The highest BCUT2D eigenvalue weighted by Gasteiger charge is 2.35. The Hall–Kier alpha value is -1.62. The third kappa shape index (κ3) is 3.28. The molecule has 1 N–H and O–H groups in total. The van der Waals surface area contributed by atoms with Gasteiger partial charge < -0.3 is 10.2 Å². The molecule has 1 heterocycles. The van der Waals surface area contributed by atoms with Crippen molar-refractivity contribution in [1.82, 2.24) is 10.2 Å². The average molecular weight is 299 g/mol. The summed E-state index contributed by atoms with van der Waals surface area (Å²) in [6, 6.07) is 4.09. The van der Waals surface area contributed by atoms with Crippen LogP contribution >= 0.6 is 11.6 Å². The minimum Gasteiger partial charge on any atom is -0.351 e. The number of carbonyl (C=O) groups is 2. The number of amides is 2. The Bertz CT molecular complexity index is 516. The van der Waals surface area contributed by atoms with Crippen LogP contribution in [0, 0.1) is 11.7 Å². The first-order valence-electron chi connectivity index (χ1n) is 6.52. The highest BCUT2D eigenvalue weighted by molar-refractivity contribution is 6.30. The van der Waals surface area contributed by atoms with Crippen molar-refractivity contribution in [2.75, 3.05) is 13.1 Å². The van der Waals surface area contributed by atoms with E-state index >= 15 is 0 Å². The molecule has 0 bridgehead atoms. The van der Waals surface area contributed by atoms with Crippen LogP contribution in [0.15, 0.2) is 18.2 Å². The maximum atomic E-state index is 13.2. The molecule has 6 heteroatoms. The fourth-order valence-electron chi connectivity index (χ4n) is 2.32. The first-order chi connectivity index (χ1) is 9.51. The molecule has 1 unspecified atom stereocenters. The molecule has 2 amide bonds. The molecule has 108 valence electrons. The summed E-state index contributed by atoms with van der Waals surface area (Å²) in [7, 11) is 0. The molecule has 1 aliphatic heterocycles. The van der Waals surface area contributed by atoms with Gasteiger partial charge in [-0.05, 0) is 37.1 Å². The standard InChI is InChI=1S/C14H16ClFN2O2/c1-2-18-4-3-12(14(18)20)13(19)17-8-9-5-10(15)7-11(16)6-9/h5-7,12H,2-4,8H2,1H3,(H,17,19). The Balaban J connectivity index is 1.94. The van der Waals surface area contributed by atoms with E-state index in [9.17, 15) is 14.0 Å². The van der Waals surface area contributed by atoms with Crippen molar-refractivity contribution in [2.24, 2.45) is 5.92 Å². The van der Waals surface area contributed by atoms with Crippen molar-refractivity contribution < 1.29 is 14.0 Å². The molecule has 4 nitrogen and oxygen atoms in total. The van der Waals surface area contributed by atoms with Crippen LogP contribution in [0.25, 0.3) is 0 Å². The second kappa shape index (κ2) is 6.22. The second-order valence-corrected chi connectivity index (χ2v) is 5.19. The van der Waals surface area contributed by atoms with Gasteiger partial charge in [0.15, 0.2) is 0 Å². The Morgan fingerprint density at radius 1 is 1.50 bits per heavy atom. The van der Waals surface area contributed by atoms with E-state index in [0.29, 0.717) is 25.1 Å². The molecule has 1 atom stereocenters. The van der Waals surface area contributed by atoms with Crippen LogP contribution in [0.2, 0.25) is 5.02 Å². The van der Waals surface area contributed by atoms with Crippen LogP contribution in [-0.2, 0) is 16.1 Å². The molecule has 1 saturated heterocycles. The molecule has 1 fully saturated rings. The lowest BCUT2D eigenvalue weighted by Crippen LogP contribution is -2.36. The lowest BCUT2D eigenvalue weighted by atomic mass is 10.1. The molecule has 1 aromatic carbocycles. The lowest BCUT2D eigenvalue weighted by Gasteiger charge is -2.13. The number of benzene rings is 1. The van der Waals surface area contributed by atoms with E-state index in [1.54, 1.807) is 11.0 Å². The van der Waals surface area contributed by atoms with Gasteiger partial charge in [0.2, 0.25) is 11.8 Å². The van der Waals surface area contributed by atoms with Crippen LogP contribution in [0.5, 0.6) is 0 Å². The van der Waals surface area contributed by atoms with Gasteiger partial charge in [-0.3, -0.25) is 9.59 Å². The average Bonchev–Trinajstić information content (AvgIpc) is 2.76. The Morgan fingerprint density at radius 2 is 2.25 bits per heavy atom. The molecule has 20 heavy (non-hydrogen) atoms. The van der Waals surface area contributed by atoms with Crippen LogP contribution < -0.4 is 5.32 Å². The molecule has 0 spiro atoms. The van der Waals surface area contributed by atoms with Crippen molar-refractivity contribution >= 4 is 23.4 Å². The minimum atomic E-state index is -0.626. The molecule has 0 radical (unpaired) electrons. The predicted octanol–water partition coefficient (Wildman–Crippen LogP) is 1.96. The molecule has 1 aromatic rings. The molecule has 0 aromatic heterocycles. The van der Waals surface area contributed by atoms with Gasteiger partial charge in [0.25, 0.3) is 0 Å². The fourth-order valence-corrected chi connectivity index (χ4v) is 2.57. The lowest BCUT2D eigenvalue weighted by molar-refractivity contribution is -0.137. The molecule has 2 rings (SSSR count). The van der Waals surface area contributed by atoms with Crippen molar-refractivity contribution in [3.05, 3.63) is 34.6 Å². The SMILES string of the molecule is CCN1CCC(C(=O)NCc2cc(F)cc(Cl)c2)C1=O. The molecular formula is C14H16ClFN2O2. The Morgan fingerprint density at radius 3 is 2.85 bits per heavy atom. The first-order valence-corrected chi connectivity index (χ1v) is 6.90. The van der Waals surface area contributed by atoms with Crippen LogP contribution in [0.4, 0.5) is 4.39 Å². The maximum absolute atomic E-state index is 13.2. The quantitative estimate of drug-likeness (QED) is 0.864. The summed E-state index contributed by atoms with van der Waals surface area (Å²) in [5, 5.41) is 2.94. The van der Waals surface area contributed by atoms with Gasteiger partial charge in [0, 0.05) is 24.7 Å². The van der Waals surface area contributed by atoms with Crippen LogP contribution in [-0.4, -0.2) is 29.8 Å². The number of nitrogens with zero attached hydrogens (tertiary/aromatic N) is 1. The summed E-state index contributed by atoms with van der Waals surface area (Å²) < 4.78 is 13.2. The molecular weight excluding hydrogens is 283 g/mol. The number of hydrogen-bond donors (Lipinski definition) is 1. The highest BCUT2D eigenvalue weighted by Crippen LogP contribution is 2.18. The summed E-state index contributed by atoms with van der Waals surface area (Å²) in [6.07, 6.45) is 0.530. The van der Waals surface area contributed by atoms with Gasteiger partial charge in [-0.1, -0.05) is 11.6 Å². The van der Waals surface area contributed by atoms with Crippen molar-refractivity contribution in [2.45, 2.75) is 19.9 Å². The third-order valence-corrected chi connectivity index (χ3v) is 3.60. The fraction of sp³-hybridized carbons (Fsp3) is 0.429. The van der Waals surface area contributed by atoms with Crippen molar-refractivity contribution in [3.8, 4) is 0 Å². The zero-order valence-corrected chi connectivity index (χ0v) is 11.9. The summed E-state index contributed by atoms with van der Waals surface area (Å²) >= 11 is 5.74. The van der Waals surface area contributed by atoms with E-state index in [4.69, 9.17) is 11.6 Å². The first kappa shape index (κ1) is 14.8. The largest absolute Gasteiger partial charge is 0.351 e. The van der Waals surface area contributed by atoms with E-state index < -0.39 is 11.7 Å². The smallest absolute Gasteiger partial charge is 0.235 e. The minimum absolute atomic E-state index is 0.137. The maximum Gasteiger partial charge on any atom is 0.235 e. The van der Waals surface area contributed by atoms with Gasteiger partial charge in [-0.2, -0.15) is 0 Å². The predicted molar refractivity (Wildman–Crippen MR) is 73.6 cm³/mol. The topological polar surface area (TPSA) is 49.4 Å². The number of rotatable bonds is 4.